The van der Waals surface area contributed by atoms with Crippen molar-refractivity contribution in [3.63, 3.8) is 0 Å². The highest BCUT2D eigenvalue weighted by atomic mass is 16.2. The van der Waals surface area contributed by atoms with Gasteiger partial charge in [-0.25, -0.2) is 15.0 Å². The Morgan fingerprint density at radius 3 is 1.30 bits per heavy atom. The summed E-state index contributed by atoms with van der Waals surface area (Å²) < 4.78 is 12.1. The van der Waals surface area contributed by atoms with Crippen molar-refractivity contribution in [2.75, 3.05) is 34.4 Å². The topological polar surface area (TPSA) is 373 Å². The number of nitrogens with zero attached hydrogens (tertiary/aromatic N) is 11. The van der Waals surface area contributed by atoms with Crippen molar-refractivity contribution in [1.29, 1.82) is 0 Å². The molecule has 9 rings (SSSR count). The number of aromatic nitrogens is 11. The Morgan fingerprint density at radius 2 is 0.791 bits per heavy atom. The summed E-state index contributed by atoms with van der Waals surface area (Å²) in [6.07, 6.45) is 12.2. The average molecular weight is 1180 g/mol. The minimum absolute atomic E-state index is 0.0116. The first-order valence-electron chi connectivity index (χ1n) is 27.1. The Labute approximate surface area is 491 Å². The number of ketones is 4. The normalized spacial score (nSPS) is 17.1. The third-order valence-electron chi connectivity index (χ3n) is 14.5. The number of anilines is 4. The lowest BCUT2D eigenvalue weighted by molar-refractivity contribution is -0.120. The summed E-state index contributed by atoms with van der Waals surface area (Å²) in [5.74, 6) is -4.77. The van der Waals surface area contributed by atoms with E-state index in [0.717, 1.165) is 0 Å². The van der Waals surface area contributed by atoms with Crippen molar-refractivity contribution in [2.45, 2.75) is 50.6 Å². The number of aryl methyl sites for hydroxylation is 8. The van der Waals surface area contributed by atoms with Gasteiger partial charge in [0.05, 0.1) is 47.0 Å². The van der Waals surface area contributed by atoms with Gasteiger partial charge in [0, 0.05) is 138 Å². The fourth-order valence-corrected chi connectivity index (χ4v) is 10.1. The Balaban J connectivity index is 0.887. The Kier molecular flexibility index (Phi) is 17.3. The molecule has 6 amide bonds. The first-order valence-corrected chi connectivity index (χ1v) is 27.1. The lowest BCUT2D eigenvalue weighted by Gasteiger charge is -2.12. The molecule has 8 aromatic heterocycles. The van der Waals surface area contributed by atoms with Crippen molar-refractivity contribution >= 4 is 81.6 Å². The van der Waals surface area contributed by atoms with E-state index in [1.807, 2.05) is 0 Å². The minimum atomic E-state index is -1.09. The summed E-state index contributed by atoms with van der Waals surface area (Å²) in [5, 5.41) is 16.2. The maximum Gasteiger partial charge on any atom is 0.291 e. The van der Waals surface area contributed by atoms with Crippen LogP contribution in [0.15, 0.2) is 79.9 Å². The van der Waals surface area contributed by atoms with E-state index in [1.54, 1.807) is 113 Å². The fourth-order valence-electron chi connectivity index (χ4n) is 10.1. The maximum atomic E-state index is 13.7. The van der Waals surface area contributed by atoms with Crippen LogP contribution in [0.1, 0.15) is 120 Å². The van der Waals surface area contributed by atoms with Crippen molar-refractivity contribution in [3.8, 4) is 0 Å². The number of imidazole rings is 3. The number of rotatable bonds is 0. The van der Waals surface area contributed by atoms with Crippen molar-refractivity contribution in [1.82, 2.24) is 62.1 Å². The quantitative estimate of drug-likeness (QED) is 0.106. The molecule has 1 aliphatic rings. The molecule has 0 aromatic carbocycles. The number of fused-ring (bicyclic) bond motifs is 16. The smallest absolute Gasteiger partial charge is 0.291 e. The van der Waals surface area contributed by atoms with Crippen LogP contribution in [0.5, 0.6) is 0 Å². The van der Waals surface area contributed by atoms with Gasteiger partial charge in [0.2, 0.25) is 23.3 Å². The van der Waals surface area contributed by atoms with E-state index < -0.39 is 47.5 Å². The number of hydrogen-bond acceptors (Lipinski definition) is 15. The fraction of sp³-hybridized carbons (Fsp3) is 0.316. The third kappa shape index (κ3) is 13.4. The summed E-state index contributed by atoms with van der Waals surface area (Å²) >= 11 is 0. The SMILES string of the molecule is Cn1cc2cc1C(=O)Cc1cc(n(C)c1)C(=O)NCCC(N)C(=O)Nc1cn(C)c(n1)C(=O)Nc1cc(n(C)c1)C(=O)Nc1cn(C)c(n1)C(=O)Nc1cc(n(C)c1)C(=O)NCCC(N)C(=O)Cc1cn(C)c(n1)C(=O)Cc1cc(n(C)c1)C(=O)C2. The Bertz CT molecular complexity index is 3800. The number of hydrogen-bond donors (Lipinski definition) is 8. The Morgan fingerprint density at radius 1 is 0.384 bits per heavy atom. The van der Waals surface area contributed by atoms with Gasteiger partial charge in [-0.2, -0.15) is 0 Å². The molecule has 29 nitrogen and oxygen atoms in total. The van der Waals surface area contributed by atoms with Gasteiger partial charge in [-0.05, 0) is 59.9 Å². The predicted molar refractivity (Wildman–Crippen MR) is 312 cm³/mol. The first kappa shape index (κ1) is 60.1. The van der Waals surface area contributed by atoms with Gasteiger partial charge >= 0.3 is 0 Å². The van der Waals surface area contributed by atoms with E-state index >= 15 is 0 Å². The molecule has 9 heterocycles. The van der Waals surface area contributed by atoms with Gasteiger partial charge in [0.25, 0.3) is 29.5 Å². The number of nitrogens with one attached hydrogen (secondary N) is 6. The van der Waals surface area contributed by atoms with Crippen LogP contribution in [0, 0.1) is 0 Å². The molecule has 29 heteroatoms. The lowest BCUT2D eigenvalue weighted by atomic mass is 10.1. The molecule has 0 spiro atoms. The van der Waals surface area contributed by atoms with Crippen LogP contribution >= 0.6 is 0 Å². The largest absolute Gasteiger partial charge is 0.351 e. The zero-order valence-corrected chi connectivity index (χ0v) is 48.5. The highest BCUT2D eigenvalue weighted by Crippen LogP contribution is 2.22. The number of carbonyl (C=O) groups excluding carboxylic acids is 10. The van der Waals surface area contributed by atoms with Crippen LogP contribution in [-0.4, -0.2) is 135 Å². The molecule has 1 aliphatic heterocycles. The third-order valence-corrected chi connectivity index (χ3v) is 14.5. The van der Waals surface area contributed by atoms with Crippen LogP contribution in [-0.2, 0) is 91.7 Å². The average Bonchev–Trinajstić information content (AvgIpc) is 3.61. The first-order chi connectivity index (χ1) is 40.8. The van der Waals surface area contributed by atoms with Gasteiger partial charge in [-0.3, -0.25) is 47.9 Å². The van der Waals surface area contributed by atoms with Gasteiger partial charge in [-0.15, -0.1) is 0 Å². The van der Waals surface area contributed by atoms with E-state index in [-0.39, 0.29) is 132 Å². The second-order valence-corrected chi connectivity index (χ2v) is 21.4. The highest BCUT2D eigenvalue weighted by molar-refractivity contribution is 6.08. The molecular weight excluding hydrogens is 1110 g/mol. The molecule has 8 aromatic rings. The lowest BCUT2D eigenvalue weighted by Crippen LogP contribution is -2.39. The van der Waals surface area contributed by atoms with Crippen LogP contribution in [0.2, 0.25) is 0 Å². The zero-order chi connectivity index (χ0) is 62.0. The molecule has 10 N–H and O–H groups in total. The van der Waals surface area contributed by atoms with E-state index in [0.29, 0.717) is 33.8 Å². The van der Waals surface area contributed by atoms with E-state index in [1.165, 1.54) is 59.8 Å². The van der Waals surface area contributed by atoms with Crippen LogP contribution in [0.25, 0.3) is 0 Å². The van der Waals surface area contributed by atoms with Crippen LogP contribution in [0.4, 0.5) is 23.0 Å². The second-order valence-electron chi connectivity index (χ2n) is 21.4. The van der Waals surface area contributed by atoms with E-state index in [9.17, 15) is 47.9 Å². The predicted octanol–water partition coefficient (Wildman–Crippen LogP) is 1.27. The highest BCUT2D eigenvalue weighted by Gasteiger charge is 2.26. The molecular formula is C57H65N19O10. The summed E-state index contributed by atoms with van der Waals surface area (Å²) in [6, 6.07) is 5.67. The molecule has 448 valence electrons. The molecule has 0 radical (unpaired) electrons. The Hall–Kier alpha value is -10.6. The molecule has 0 saturated heterocycles. The van der Waals surface area contributed by atoms with Gasteiger partial charge in [-0.1, -0.05) is 0 Å². The summed E-state index contributed by atoms with van der Waals surface area (Å²) in [4.78, 5) is 147. The monoisotopic (exact) mass is 1180 g/mol. The molecule has 2 atom stereocenters. The number of nitrogens with two attached hydrogens (primary N) is 2. The maximum absolute atomic E-state index is 13.7. The van der Waals surface area contributed by atoms with Crippen LogP contribution < -0.4 is 43.4 Å². The van der Waals surface area contributed by atoms with Crippen LogP contribution in [0.3, 0.4) is 0 Å². The zero-order valence-electron chi connectivity index (χ0n) is 48.5. The van der Waals surface area contributed by atoms with Crippen molar-refractivity contribution in [2.24, 2.45) is 67.8 Å². The number of Topliss-reactive ketones (excluding diaryl/α,β-unsaturated/α-hetero) is 4. The van der Waals surface area contributed by atoms with Gasteiger partial charge in [0.15, 0.2) is 34.8 Å². The summed E-state index contributed by atoms with van der Waals surface area (Å²) in [7, 11) is 13.0. The molecule has 0 fully saturated rings. The number of amides is 6. The molecule has 16 bridgehead atoms. The molecule has 0 saturated carbocycles. The number of carbonyl (C=O) groups is 10. The van der Waals surface area contributed by atoms with Crippen molar-refractivity contribution in [3.05, 3.63) is 148 Å². The minimum Gasteiger partial charge on any atom is -0.351 e. The molecule has 86 heavy (non-hydrogen) atoms. The standard InChI is InChI=1S/C57H65N19O10/c1-69-22-30-13-38(69)45(79)17-32-15-40(71(3)24-32)53(82)61-12-10-37(59)52(81)67-47-28-75(7)50(65-47)56(85)64-34-20-42(73(5)26-34)55(84)68-48-29-76(8)51(66-48)57(86)63-33-19-41(72(4)25-33)54(83)60-11-9-36(58)43(77)21-35-27-74(6)49(62-35)46(80)18-31-14-39(44(78)16-30)70(2)23-31/h13-15,19-20,22-29,36-37H,9-12,16-18,21,58-59H2,1-8H3,(H,60,83)(H,61,82)(H,63,86)(H,64,85)(H,67,81)(H,68,84). The van der Waals surface area contributed by atoms with E-state index in [2.05, 4.69) is 46.9 Å². The van der Waals surface area contributed by atoms with Crippen molar-refractivity contribution < 1.29 is 47.9 Å². The summed E-state index contributed by atoms with van der Waals surface area (Å²) in [6.45, 7) is 0.0407. The van der Waals surface area contributed by atoms with E-state index in [4.69, 9.17) is 11.5 Å². The molecule has 2 unspecified atom stereocenters. The molecule has 0 aliphatic carbocycles. The van der Waals surface area contributed by atoms with Gasteiger partial charge in [0.1, 0.15) is 17.1 Å². The summed E-state index contributed by atoms with van der Waals surface area (Å²) in [5.41, 5.74) is 16.2. The second kappa shape index (κ2) is 24.7. The van der Waals surface area contributed by atoms with Gasteiger partial charge < -0.3 is 79.9 Å².